The topological polar surface area (TPSA) is 87.7 Å². The summed E-state index contributed by atoms with van der Waals surface area (Å²) >= 11 is 6.00. The van der Waals surface area contributed by atoms with Crippen LogP contribution in [-0.2, 0) is 14.4 Å². The zero-order valence-electron chi connectivity index (χ0n) is 14.6. The van der Waals surface area contributed by atoms with Crippen molar-refractivity contribution in [2.45, 2.75) is 12.5 Å². The van der Waals surface area contributed by atoms with Gasteiger partial charge < -0.3 is 20.3 Å². The third kappa shape index (κ3) is 4.57. The number of rotatable bonds is 5. The molecule has 0 spiro atoms. The molecule has 0 aliphatic carbocycles. The van der Waals surface area contributed by atoms with Gasteiger partial charge in [0.25, 0.3) is 5.91 Å². The third-order valence-electron chi connectivity index (χ3n) is 4.02. The molecule has 27 heavy (non-hydrogen) atoms. The number of ether oxygens (including phenoxy) is 1. The van der Waals surface area contributed by atoms with E-state index in [1.807, 2.05) is 0 Å². The first-order valence-electron chi connectivity index (χ1n) is 8.29. The van der Waals surface area contributed by atoms with Gasteiger partial charge in [-0.2, -0.15) is 0 Å². The van der Waals surface area contributed by atoms with Crippen LogP contribution in [0.5, 0.6) is 5.75 Å². The number of hydrogen-bond donors (Lipinski definition) is 2. The average molecular weight is 388 g/mol. The molecule has 1 heterocycles. The number of nitrogens with one attached hydrogen (secondary N) is 2. The molecule has 2 aromatic rings. The number of para-hydroxylation sites is 3. The van der Waals surface area contributed by atoms with Crippen LogP contribution >= 0.6 is 11.6 Å². The van der Waals surface area contributed by atoms with Gasteiger partial charge in [0.2, 0.25) is 11.8 Å². The van der Waals surface area contributed by atoms with Crippen LogP contribution in [0.2, 0.25) is 5.02 Å². The lowest BCUT2D eigenvalue weighted by Gasteiger charge is -2.26. The van der Waals surface area contributed by atoms with Crippen molar-refractivity contribution in [1.82, 2.24) is 4.90 Å². The minimum atomic E-state index is -0.943. The number of carbonyl (C=O) groups excluding carboxylic acids is 3. The summed E-state index contributed by atoms with van der Waals surface area (Å²) in [7, 11) is 1.49. The first-order chi connectivity index (χ1) is 12.9. The number of anilines is 2. The van der Waals surface area contributed by atoms with Crippen LogP contribution in [0, 0.1) is 0 Å². The molecule has 8 heteroatoms. The molecule has 0 bridgehead atoms. The van der Waals surface area contributed by atoms with Crippen molar-refractivity contribution in [2.75, 3.05) is 24.2 Å². The molecule has 3 amide bonds. The van der Waals surface area contributed by atoms with E-state index in [0.29, 0.717) is 22.1 Å². The van der Waals surface area contributed by atoms with E-state index in [2.05, 4.69) is 10.6 Å². The molecule has 0 aromatic heterocycles. The van der Waals surface area contributed by atoms with E-state index in [4.69, 9.17) is 16.3 Å². The Bertz CT molecular complexity index is 887. The molecule has 0 saturated heterocycles. The number of amides is 3. The van der Waals surface area contributed by atoms with Gasteiger partial charge in [-0.25, -0.2) is 0 Å². The number of halogens is 1. The maximum atomic E-state index is 12.4. The predicted octanol–water partition coefficient (Wildman–Crippen LogP) is 2.53. The van der Waals surface area contributed by atoms with Crippen molar-refractivity contribution in [3.8, 4) is 5.75 Å². The van der Waals surface area contributed by atoms with Crippen molar-refractivity contribution in [2.24, 2.45) is 0 Å². The Morgan fingerprint density at radius 1 is 1.19 bits per heavy atom. The highest BCUT2D eigenvalue weighted by molar-refractivity contribution is 6.33. The standard InChI is InChI=1S/C19H18ClN3O4/c1-23(11-17(24)21-13-7-3-2-6-12(13)20)18(25)10-16-19(26)22-14-8-4-5-9-15(14)27-16/h2-9,16H,10-11H2,1H3,(H,21,24)(H,22,26)/t16-/m1/s1. The molecule has 1 aliphatic heterocycles. The Labute approximate surface area is 161 Å². The number of nitrogens with zero attached hydrogens (tertiary/aromatic N) is 1. The first-order valence-corrected chi connectivity index (χ1v) is 8.66. The highest BCUT2D eigenvalue weighted by Crippen LogP contribution is 2.29. The van der Waals surface area contributed by atoms with Gasteiger partial charge in [-0.15, -0.1) is 0 Å². The second kappa shape index (κ2) is 8.09. The Balaban J connectivity index is 1.55. The lowest BCUT2D eigenvalue weighted by molar-refractivity contribution is -0.137. The summed E-state index contributed by atoms with van der Waals surface area (Å²) in [4.78, 5) is 37.9. The predicted molar refractivity (Wildman–Crippen MR) is 102 cm³/mol. The van der Waals surface area contributed by atoms with Crippen LogP contribution in [0.1, 0.15) is 6.42 Å². The molecule has 140 valence electrons. The monoisotopic (exact) mass is 387 g/mol. The van der Waals surface area contributed by atoms with E-state index in [-0.39, 0.29) is 18.9 Å². The minimum Gasteiger partial charge on any atom is -0.478 e. The summed E-state index contributed by atoms with van der Waals surface area (Å²) in [6.07, 6.45) is -1.11. The van der Waals surface area contributed by atoms with Crippen molar-refractivity contribution < 1.29 is 19.1 Å². The molecule has 1 atom stereocenters. The van der Waals surface area contributed by atoms with Crippen LogP contribution < -0.4 is 15.4 Å². The largest absolute Gasteiger partial charge is 0.478 e. The van der Waals surface area contributed by atoms with E-state index in [1.165, 1.54) is 11.9 Å². The quantitative estimate of drug-likeness (QED) is 0.825. The molecule has 0 saturated carbocycles. The smallest absolute Gasteiger partial charge is 0.266 e. The van der Waals surface area contributed by atoms with Gasteiger partial charge >= 0.3 is 0 Å². The highest BCUT2D eigenvalue weighted by atomic mass is 35.5. The van der Waals surface area contributed by atoms with Gasteiger partial charge in [-0.1, -0.05) is 35.9 Å². The van der Waals surface area contributed by atoms with Gasteiger partial charge in [0, 0.05) is 7.05 Å². The molecular formula is C19H18ClN3O4. The second-order valence-corrected chi connectivity index (χ2v) is 6.48. The number of benzene rings is 2. The molecular weight excluding hydrogens is 370 g/mol. The van der Waals surface area contributed by atoms with Crippen LogP contribution in [-0.4, -0.2) is 42.3 Å². The van der Waals surface area contributed by atoms with Crippen LogP contribution in [0.15, 0.2) is 48.5 Å². The van der Waals surface area contributed by atoms with E-state index >= 15 is 0 Å². The van der Waals surface area contributed by atoms with Crippen LogP contribution in [0.4, 0.5) is 11.4 Å². The number of fused-ring (bicyclic) bond motifs is 1. The van der Waals surface area contributed by atoms with Gasteiger partial charge in [0.15, 0.2) is 6.10 Å². The Kier molecular flexibility index (Phi) is 5.61. The fourth-order valence-corrected chi connectivity index (χ4v) is 2.78. The van der Waals surface area contributed by atoms with Crippen LogP contribution in [0.25, 0.3) is 0 Å². The first kappa shape index (κ1) is 18.7. The molecule has 7 nitrogen and oxygen atoms in total. The summed E-state index contributed by atoms with van der Waals surface area (Å²) < 4.78 is 5.60. The number of likely N-dealkylation sites (N-methyl/N-ethyl adjacent to an activating group) is 1. The van der Waals surface area contributed by atoms with Crippen molar-refractivity contribution in [1.29, 1.82) is 0 Å². The van der Waals surface area contributed by atoms with Crippen molar-refractivity contribution in [3.63, 3.8) is 0 Å². The summed E-state index contributed by atoms with van der Waals surface area (Å²) in [5.41, 5.74) is 1.04. The SMILES string of the molecule is CN(CC(=O)Nc1ccccc1Cl)C(=O)C[C@H]1Oc2ccccc2NC1=O. The summed E-state index contributed by atoms with van der Waals surface area (Å²) in [5.74, 6) is -0.660. The van der Waals surface area contributed by atoms with Gasteiger partial charge in [-0.05, 0) is 24.3 Å². The fraction of sp³-hybridized carbons (Fsp3) is 0.211. The summed E-state index contributed by atoms with van der Waals surface area (Å²) in [6, 6.07) is 13.8. The number of carbonyl (C=O) groups is 3. The highest BCUT2D eigenvalue weighted by Gasteiger charge is 2.30. The lowest BCUT2D eigenvalue weighted by Crippen LogP contribution is -2.43. The van der Waals surface area contributed by atoms with Gasteiger partial charge in [-0.3, -0.25) is 14.4 Å². The van der Waals surface area contributed by atoms with E-state index in [0.717, 1.165) is 0 Å². The van der Waals surface area contributed by atoms with Gasteiger partial charge in [0.1, 0.15) is 5.75 Å². The lowest BCUT2D eigenvalue weighted by atomic mass is 10.1. The van der Waals surface area contributed by atoms with Crippen molar-refractivity contribution in [3.05, 3.63) is 53.6 Å². The zero-order chi connectivity index (χ0) is 19.4. The molecule has 2 aromatic carbocycles. The molecule has 1 aliphatic rings. The zero-order valence-corrected chi connectivity index (χ0v) is 15.3. The second-order valence-electron chi connectivity index (χ2n) is 6.07. The normalized spacial score (nSPS) is 15.2. The van der Waals surface area contributed by atoms with Gasteiger partial charge in [0.05, 0.1) is 29.4 Å². The maximum Gasteiger partial charge on any atom is 0.266 e. The number of hydrogen-bond acceptors (Lipinski definition) is 4. The van der Waals surface area contributed by atoms with E-state index < -0.39 is 17.9 Å². The van der Waals surface area contributed by atoms with Crippen molar-refractivity contribution >= 4 is 40.7 Å². The van der Waals surface area contributed by atoms with E-state index in [9.17, 15) is 14.4 Å². The third-order valence-corrected chi connectivity index (χ3v) is 4.35. The Morgan fingerprint density at radius 2 is 1.89 bits per heavy atom. The minimum absolute atomic E-state index is 0.171. The molecule has 2 N–H and O–H groups in total. The summed E-state index contributed by atoms with van der Waals surface area (Å²) in [5, 5.41) is 5.76. The molecule has 0 fully saturated rings. The maximum absolute atomic E-state index is 12.4. The Hall–Kier alpha value is -3.06. The Morgan fingerprint density at radius 3 is 2.67 bits per heavy atom. The van der Waals surface area contributed by atoms with E-state index in [1.54, 1.807) is 48.5 Å². The molecule has 0 radical (unpaired) electrons. The summed E-state index contributed by atoms with van der Waals surface area (Å²) in [6.45, 7) is -0.172. The fourth-order valence-electron chi connectivity index (χ4n) is 2.60. The van der Waals surface area contributed by atoms with Crippen LogP contribution in [0.3, 0.4) is 0 Å². The molecule has 0 unspecified atom stereocenters. The average Bonchev–Trinajstić information content (AvgIpc) is 2.64. The molecule has 3 rings (SSSR count).